The molecule has 2 aromatic rings. The van der Waals surface area contributed by atoms with E-state index in [0.29, 0.717) is 11.6 Å². The van der Waals surface area contributed by atoms with Gasteiger partial charge in [-0.1, -0.05) is 48.3 Å². The number of nitrogens with one attached hydrogen (secondary N) is 1. The number of hydrogen-bond acceptors (Lipinski definition) is 1. The van der Waals surface area contributed by atoms with E-state index in [-0.39, 0.29) is 11.9 Å². The van der Waals surface area contributed by atoms with Crippen molar-refractivity contribution in [3.63, 3.8) is 0 Å². The van der Waals surface area contributed by atoms with Gasteiger partial charge in [-0.15, -0.1) is 0 Å². The molecule has 1 unspecified atom stereocenters. The van der Waals surface area contributed by atoms with E-state index in [1.807, 2.05) is 24.3 Å². The van der Waals surface area contributed by atoms with Crippen molar-refractivity contribution in [1.29, 1.82) is 0 Å². The second-order valence-corrected chi connectivity index (χ2v) is 5.47. The van der Waals surface area contributed by atoms with Crippen molar-refractivity contribution in [2.45, 2.75) is 25.9 Å². The topological polar surface area (TPSA) is 12.0 Å². The van der Waals surface area contributed by atoms with E-state index in [1.165, 1.54) is 17.7 Å². The van der Waals surface area contributed by atoms with Gasteiger partial charge in [0.25, 0.3) is 0 Å². The lowest BCUT2D eigenvalue weighted by Gasteiger charge is -2.18. The molecule has 1 atom stereocenters. The van der Waals surface area contributed by atoms with E-state index in [2.05, 4.69) is 12.2 Å². The van der Waals surface area contributed by atoms with Gasteiger partial charge in [-0.05, 0) is 41.8 Å². The first-order valence-electron chi connectivity index (χ1n) is 6.53. The van der Waals surface area contributed by atoms with Crippen molar-refractivity contribution in [3.05, 3.63) is 69.5 Å². The van der Waals surface area contributed by atoms with Gasteiger partial charge in [0, 0.05) is 22.6 Å². The average Bonchev–Trinajstić information content (AvgIpc) is 2.43. The third-order valence-electron chi connectivity index (χ3n) is 3.23. The fraction of sp³-hybridized carbons (Fsp3) is 0.250. The Morgan fingerprint density at radius 3 is 2.40 bits per heavy atom. The lowest BCUT2D eigenvalue weighted by molar-refractivity contribution is 0.518. The molecule has 0 aromatic heterocycles. The Balaban J connectivity index is 2.05. The smallest absolute Gasteiger partial charge is 0.124 e. The predicted octanol–water partition coefficient (Wildman–Crippen LogP) is 5.37. The van der Waals surface area contributed by atoms with Crippen LogP contribution in [0.1, 0.15) is 30.5 Å². The van der Waals surface area contributed by atoms with Crippen molar-refractivity contribution >= 4 is 23.2 Å². The summed E-state index contributed by atoms with van der Waals surface area (Å²) in [7, 11) is 0. The zero-order chi connectivity index (χ0) is 14.5. The molecule has 0 aliphatic carbocycles. The van der Waals surface area contributed by atoms with Crippen LogP contribution in [0.25, 0.3) is 0 Å². The second-order valence-electron chi connectivity index (χ2n) is 4.63. The number of rotatable bonds is 5. The molecular weight excluding hydrogens is 296 g/mol. The van der Waals surface area contributed by atoms with Gasteiger partial charge in [0.05, 0.1) is 0 Å². The molecule has 1 nitrogen and oxygen atoms in total. The van der Waals surface area contributed by atoms with Crippen molar-refractivity contribution in [3.8, 4) is 0 Å². The molecule has 0 bridgehead atoms. The highest BCUT2D eigenvalue weighted by Gasteiger charge is 2.10. The van der Waals surface area contributed by atoms with E-state index in [1.54, 1.807) is 6.07 Å². The number of halogens is 3. The first-order chi connectivity index (χ1) is 9.60. The normalized spacial score (nSPS) is 12.4. The van der Waals surface area contributed by atoms with E-state index in [9.17, 15) is 4.39 Å². The van der Waals surface area contributed by atoms with Gasteiger partial charge < -0.3 is 5.32 Å². The van der Waals surface area contributed by atoms with E-state index in [4.69, 9.17) is 23.2 Å². The third kappa shape index (κ3) is 3.95. The van der Waals surface area contributed by atoms with Crippen LogP contribution in [-0.2, 0) is 6.54 Å². The molecule has 0 fully saturated rings. The van der Waals surface area contributed by atoms with E-state index in [0.717, 1.165) is 17.0 Å². The van der Waals surface area contributed by atoms with Gasteiger partial charge >= 0.3 is 0 Å². The van der Waals surface area contributed by atoms with Crippen LogP contribution in [0.5, 0.6) is 0 Å². The van der Waals surface area contributed by atoms with Crippen LogP contribution >= 0.6 is 23.2 Å². The maximum Gasteiger partial charge on any atom is 0.124 e. The Hall–Kier alpha value is -1.09. The SMILES string of the molecule is CCC(NCc1ccc(F)cc1Cl)c1ccc(Cl)cc1. The van der Waals surface area contributed by atoms with E-state index >= 15 is 0 Å². The molecule has 4 heteroatoms. The summed E-state index contributed by atoms with van der Waals surface area (Å²) in [6, 6.07) is 12.5. The summed E-state index contributed by atoms with van der Waals surface area (Å²) in [4.78, 5) is 0. The molecule has 0 spiro atoms. The van der Waals surface area contributed by atoms with Crippen molar-refractivity contribution < 1.29 is 4.39 Å². The van der Waals surface area contributed by atoms with Crippen LogP contribution in [0.2, 0.25) is 10.0 Å². The van der Waals surface area contributed by atoms with Crippen LogP contribution in [0.3, 0.4) is 0 Å². The largest absolute Gasteiger partial charge is 0.306 e. The summed E-state index contributed by atoms with van der Waals surface area (Å²) in [6.07, 6.45) is 0.945. The molecule has 0 radical (unpaired) electrons. The van der Waals surface area contributed by atoms with Gasteiger partial charge in [0.2, 0.25) is 0 Å². The summed E-state index contributed by atoms with van der Waals surface area (Å²) in [5.41, 5.74) is 2.07. The predicted molar refractivity (Wildman–Crippen MR) is 82.7 cm³/mol. The Bertz CT molecular complexity index is 569. The van der Waals surface area contributed by atoms with Gasteiger partial charge in [0.1, 0.15) is 5.82 Å². The minimum atomic E-state index is -0.316. The zero-order valence-corrected chi connectivity index (χ0v) is 12.7. The monoisotopic (exact) mass is 311 g/mol. The average molecular weight is 312 g/mol. The molecule has 0 saturated heterocycles. The maximum atomic E-state index is 13.0. The lowest BCUT2D eigenvalue weighted by Crippen LogP contribution is -2.20. The Kier molecular flexibility index (Phi) is 5.41. The first kappa shape index (κ1) is 15.3. The van der Waals surface area contributed by atoms with Crippen LogP contribution < -0.4 is 5.32 Å². The Morgan fingerprint density at radius 1 is 1.10 bits per heavy atom. The van der Waals surface area contributed by atoms with Gasteiger partial charge in [0.15, 0.2) is 0 Å². The summed E-state index contributed by atoms with van der Waals surface area (Å²) in [6.45, 7) is 2.71. The van der Waals surface area contributed by atoms with Crippen molar-refractivity contribution in [1.82, 2.24) is 5.32 Å². The minimum Gasteiger partial charge on any atom is -0.306 e. The Morgan fingerprint density at radius 2 is 1.80 bits per heavy atom. The highest BCUT2D eigenvalue weighted by molar-refractivity contribution is 6.31. The highest BCUT2D eigenvalue weighted by atomic mass is 35.5. The van der Waals surface area contributed by atoms with Crippen LogP contribution in [0, 0.1) is 5.82 Å². The highest BCUT2D eigenvalue weighted by Crippen LogP contribution is 2.22. The van der Waals surface area contributed by atoms with Crippen molar-refractivity contribution in [2.75, 3.05) is 0 Å². The quantitative estimate of drug-likeness (QED) is 0.782. The summed E-state index contributed by atoms with van der Waals surface area (Å²) < 4.78 is 13.0. The third-order valence-corrected chi connectivity index (χ3v) is 3.84. The second kappa shape index (κ2) is 7.07. The molecule has 0 aliphatic heterocycles. The van der Waals surface area contributed by atoms with Crippen LogP contribution in [0.15, 0.2) is 42.5 Å². The standard InChI is InChI=1S/C16H16Cl2FN/c1-2-16(11-3-6-13(17)7-4-11)20-10-12-5-8-14(19)9-15(12)18/h3-9,16,20H,2,10H2,1H3. The zero-order valence-electron chi connectivity index (χ0n) is 11.2. The molecule has 2 aromatic carbocycles. The fourth-order valence-corrected chi connectivity index (χ4v) is 2.45. The minimum absolute atomic E-state index is 0.216. The summed E-state index contributed by atoms with van der Waals surface area (Å²) in [5.74, 6) is -0.316. The van der Waals surface area contributed by atoms with Gasteiger partial charge in [-0.2, -0.15) is 0 Å². The fourth-order valence-electron chi connectivity index (χ4n) is 2.09. The number of hydrogen-bond donors (Lipinski definition) is 1. The molecule has 20 heavy (non-hydrogen) atoms. The summed E-state index contributed by atoms with van der Waals surface area (Å²) >= 11 is 11.9. The molecule has 0 heterocycles. The van der Waals surface area contributed by atoms with Gasteiger partial charge in [-0.25, -0.2) is 4.39 Å². The van der Waals surface area contributed by atoms with Crippen LogP contribution in [0.4, 0.5) is 4.39 Å². The molecular formula is C16H16Cl2FN. The van der Waals surface area contributed by atoms with Crippen LogP contribution in [-0.4, -0.2) is 0 Å². The Labute approximate surface area is 128 Å². The first-order valence-corrected chi connectivity index (χ1v) is 7.28. The lowest BCUT2D eigenvalue weighted by atomic mass is 10.0. The molecule has 106 valence electrons. The molecule has 0 saturated carbocycles. The molecule has 1 N–H and O–H groups in total. The molecule has 0 aliphatic rings. The molecule has 2 rings (SSSR count). The maximum absolute atomic E-state index is 13.0. The molecule has 0 amide bonds. The number of benzene rings is 2. The van der Waals surface area contributed by atoms with E-state index < -0.39 is 0 Å². The van der Waals surface area contributed by atoms with Gasteiger partial charge in [-0.3, -0.25) is 0 Å². The van der Waals surface area contributed by atoms with Crippen molar-refractivity contribution in [2.24, 2.45) is 0 Å². The summed E-state index contributed by atoms with van der Waals surface area (Å²) in [5, 5.41) is 4.61.